The molecular weight excluding hydrogens is 278 g/mol. The standard InChI is InChI=1S/C14H16BrNO/c1-10-7-8-17-14(10)13(16-2)9-11-5-3-4-6-12(11)15/h3-8,13,16H,9H2,1-2H3. The average Bonchev–Trinajstić information content (AvgIpc) is 2.75. The fraction of sp³-hybridized carbons (Fsp3) is 0.286. The van der Waals surface area contributed by atoms with E-state index in [9.17, 15) is 0 Å². The Bertz CT molecular complexity index is 492. The molecule has 0 saturated carbocycles. The van der Waals surface area contributed by atoms with Crippen molar-refractivity contribution in [3.63, 3.8) is 0 Å². The first-order valence-corrected chi connectivity index (χ1v) is 6.46. The van der Waals surface area contributed by atoms with Gasteiger partial charge >= 0.3 is 0 Å². The normalized spacial score (nSPS) is 12.6. The summed E-state index contributed by atoms with van der Waals surface area (Å²) >= 11 is 3.58. The highest BCUT2D eigenvalue weighted by atomic mass is 79.9. The number of hydrogen-bond donors (Lipinski definition) is 1. The molecule has 17 heavy (non-hydrogen) atoms. The van der Waals surface area contributed by atoms with Crippen molar-refractivity contribution in [3.8, 4) is 0 Å². The minimum absolute atomic E-state index is 0.212. The lowest BCUT2D eigenvalue weighted by Crippen LogP contribution is -2.19. The predicted octanol–water partition coefficient (Wildman–Crippen LogP) is 3.85. The molecule has 1 aromatic carbocycles. The van der Waals surface area contributed by atoms with Crippen molar-refractivity contribution in [2.45, 2.75) is 19.4 Å². The van der Waals surface area contributed by atoms with Gasteiger partial charge in [0, 0.05) is 4.47 Å². The van der Waals surface area contributed by atoms with Crippen LogP contribution in [0.3, 0.4) is 0 Å². The quantitative estimate of drug-likeness (QED) is 0.926. The summed E-state index contributed by atoms with van der Waals surface area (Å²) in [6.45, 7) is 2.07. The number of halogens is 1. The number of benzene rings is 1. The molecule has 90 valence electrons. The van der Waals surface area contributed by atoms with Crippen molar-refractivity contribution in [3.05, 3.63) is 58.0 Å². The Balaban J connectivity index is 2.22. The summed E-state index contributed by atoms with van der Waals surface area (Å²) in [5.74, 6) is 1.02. The Morgan fingerprint density at radius 3 is 2.65 bits per heavy atom. The molecule has 0 amide bonds. The Labute approximate surface area is 110 Å². The van der Waals surface area contributed by atoms with Crippen LogP contribution >= 0.6 is 15.9 Å². The van der Waals surface area contributed by atoms with Crippen LogP contribution in [0, 0.1) is 6.92 Å². The fourth-order valence-electron chi connectivity index (χ4n) is 1.95. The molecule has 2 rings (SSSR count). The smallest absolute Gasteiger partial charge is 0.123 e. The minimum atomic E-state index is 0.212. The second kappa shape index (κ2) is 5.52. The number of likely N-dealkylation sites (N-methyl/N-ethyl adjacent to an activating group) is 1. The van der Waals surface area contributed by atoms with Gasteiger partial charge in [-0.1, -0.05) is 34.1 Å². The lowest BCUT2D eigenvalue weighted by molar-refractivity contribution is 0.426. The van der Waals surface area contributed by atoms with Crippen LogP contribution < -0.4 is 5.32 Å². The van der Waals surface area contributed by atoms with Crippen LogP contribution in [0.4, 0.5) is 0 Å². The van der Waals surface area contributed by atoms with E-state index in [-0.39, 0.29) is 6.04 Å². The second-order valence-electron chi connectivity index (χ2n) is 4.10. The van der Waals surface area contributed by atoms with Gasteiger partial charge in [0.15, 0.2) is 0 Å². The zero-order valence-electron chi connectivity index (χ0n) is 10.0. The van der Waals surface area contributed by atoms with Crippen molar-refractivity contribution < 1.29 is 4.42 Å². The summed E-state index contributed by atoms with van der Waals surface area (Å²) in [7, 11) is 1.96. The third kappa shape index (κ3) is 2.79. The lowest BCUT2D eigenvalue weighted by Gasteiger charge is -2.15. The van der Waals surface area contributed by atoms with Crippen molar-refractivity contribution in [2.75, 3.05) is 7.05 Å². The van der Waals surface area contributed by atoms with Crippen LogP contribution in [0.1, 0.15) is 22.9 Å². The molecule has 0 aliphatic rings. The Kier molecular flexibility index (Phi) is 4.02. The molecule has 0 radical (unpaired) electrons. The molecule has 1 aromatic heterocycles. The van der Waals surface area contributed by atoms with Crippen molar-refractivity contribution in [1.29, 1.82) is 0 Å². The minimum Gasteiger partial charge on any atom is -0.467 e. The summed E-state index contributed by atoms with van der Waals surface area (Å²) in [5, 5.41) is 3.31. The Morgan fingerprint density at radius 1 is 1.29 bits per heavy atom. The van der Waals surface area contributed by atoms with E-state index in [1.54, 1.807) is 6.26 Å². The number of aryl methyl sites for hydroxylation is 1. The van der Waals surface area contributed by atoms with Crippen molar-refractivity contribution >= 4 is 15.9 Å². The highest BCUT2D eigenvalue weighted by Gasteiger charge is 2.16. The van der Waals surface area contributed by atoms with Crippen LogP contribution in [0.15, 0.2) is 45.5 Å². The molecule has 1 atom stereocenters. The van der Waals surface area contributed by atoms with Gasteiger partial charge < -0.3 is 9.73 Å². The molecule has 0 bridgehead atoms. The second-order valence-corrected chi connectivity index (χ2v) is 4.96. The molecule has 0 saturated heterocycles. The molecule has 2 nitrogen and oxygen atoms in total. The van der Waals surface area contributed by atoms with Gasteiger partial charge in [0.25, 0.3) is 0 Å². The highest BCUT2D eigenvalue weighted by Crippen LogP contribution is 2.25. The molecule has 1 unspecified atom stereocenters. The SMILES string of the molecule is CNC(Cc1ccccc1Br)c1occc1C. The molecule has 0 fully saturated rings. The third-order valence-electron chi connectivity index (χ3n) is 2.95. The van der Waals surface area contributed by atoms with Gasteiger partial charge in [-0.25, -0.2) is 0 Å². The van der Waals surface area contributed by atoms with Crippen LogP contribution in [-0.2, 0) is 6.42 Å². The molecular formula is C14H16BrNO. The Hall–Kier alpha value is -1.06. The van der Waals surface area contributed by atoms with E-state index in [0.29, 0.717) is 0 Å². The topological polar surface area (TPSA) is 25.2 Å². The first kappa shape index (κ1) is 12.4. The zero-order valence-corrected chi connectivity index (χ0v) is 11.6. The summed E-state index contributed by atoms with van der Waals surface area (Å²) in [6, 6.07) is 10.5. The van der Waals surface area contributed by atoms with Crippen LogP contribution in [-0.4, -0.2) is 7.05 Å². The molecule has 0 aliphatic heterocycles. The van der Waals surface area contributed by atoms with Gasteiger partial charge in [-0.15, -0.1) is 0 Å². The van der Waals surface area contributed by atoms with E-state index in [1.807, 2.05) is 19.2 Å². The van der Waals surface area contributed by atoms with Gasteiger partial charge in [-0.3, -0.25) is 0 Å². The first-order valence-electron chi connectivity index (χ1n) is 5.67. The monoisotopic (exact) mass is 293 g/mol. The summed E-state index contributed by atoms with van der Waals surface area (Å²) in [6.07, 6.45) is 2.65. The molecule has 0 spiro atoms. The van der Waals surface area contributed by atoms with Crippen LogP contribution in [0.25, 0.3) is 0 Å². The predicted molar refractivity (Wildman–Crippen MR) is 73.1 cm³/mol. The summed E-state index contributed by atoms with van der Waals surface area (Å²) in [5.41, 5.74) is 2.47. The van der Waals surface area contributed by atoms with Gasteiger partial charge in [-0.2, -0.15) is 0 Å². The average molecular weight is 294 g/mol. The maximum absolute atomic E-state index is 5.55. The van der Waals surface area contributed by atoms with Crippen LogP contribution in [0.2, 0.25) is 0 Å². The Morgan fingerprint density at radius 2 is 2.06 bits per heavy atom. The van der Waals surface area contributed by atoms with E-state index < -0.39 is 0 Å². The molecule has 2 aromatic rings. The largest absolute Gasteiger partial charge is 0.467 e. The van der Waals surface area contributed by atoms with Gasteiger partial charge in [0.05, 0.1) is 12.3 Å². The molecule has 0 aliphatic carbocycles. The summed E-state index contributed by atoms with van der Waals surface area (Å²) in [4.78, 5) is 0. The van der Waals surface area contributed by atoms with E-state index in [2.05, 4.69) is 46.4 Å². The highest BCUT2D eigenvalue weighted by molar-refractivity contribution is 9.10. The number of nitrogens with one attached hydrogen (secondary N) is 1. The molecule has 1 N–H and O–H groups in total. The lowest BCUT2D eigenvalue weighted by atomic mass is 10.0. The van der Waals surface area contributed by atoms with Crippen molar-refractivity contribution in [2.24, 2.45) is 0 Å². The maximum atomic E-state index is 5.55. The first-order chi connectivity index (χ1) is 8.22. The zero-order chi connectivity index (χ0) is 12.3. The number of hydrogen-bond acceptors (Lipinski definition) is 2. The van der Waals surface area contributed by atoms with E-state index in [4.69, 9.17) is 4.42 Å². The fourth-order valence-corrected chi connectivity index (χ4v) is 2.40. The van der Waals surface area contributed by atoms with Gasteiger partial charge in [0.1, 0.15) is 5.76 Å². The van der Waals surface area contributed by atoms with Gasteiger partial charge in [0.2, 0.25) is 0 Å². The van der Waals surface area contributed by atoms with E-state index in [0.717, 1.165) is 16.7 Å². The van der Waals surface area contributed by atoms with Gasteiger partial charge in [-0.05, 0) is 43.7 Å². The van der Waals surface area contributed by atoms with E-state index >= 15 is 0 Å². The number of furan rings is 1. The van der Waals surface area contributed by atoms with Crippen LogP contribution in [0.5, 0.6) is 0 Å². The van der Waals surface area contributed by atoms with Crippen molar-refractivity contribution in [1.82, 2.24) is 5.32 Å². The number of rotatable bonds is 4. The third-order valence-corrected chi connectivity index (χ3v) is 3.72. The maximum Gasteiger partial charge on any atom is 0.123 e. The molecule has 1 heterocycles. The van der Waals surface area contributed by atoms with E-state index in [1.165, 1.54) is 11.1 Å². The molecule has 3 heteroatoms. The summed E-state index contributed by atoms with van der Waals surface area (Å²) < 4.78 is 6.69.